The quantitative estimate of drug-likeness (QED) is 0.790. The van der Waals surface area contributed by atoms with Crippen LogP contribution in [0.3, 0.4) is 0 Å². The van der Waals surface area contributed by atoms with Gasteiger partial charge in [-0.2, -0.15) is 0 Å². The van der Waals surface area contributed by atoms with Crippen molar-refractivity contribution in [2.24, 2.45) is 5.73 Å². The van der Waals surface area contributed by atoms with E-state index >= 15 is 0 Å². The van der Waals surface area contributed by atoms with E-state index in [0.29, 0.717) is 13.1 Å². The molecule has 92 valence electrons. The van der Waals surface area contributed by atoms with Gasteiger partial charge in [0.15, 0.2) is 0 Å². The van der Waals surface area contributed by atoms with Gasteiger partial charge >= 0.3 is 0 Å². The van der Waals surface area contributed by atoms with Crippen LogP contribution in [0.1, 0.15) is 11.3 Å². The molecule has 0 saturated carbocycles. The number of rotatable bonds is 2. The minimum atomic E-state index is 0.133. The lowest BCUT2D eigenvalue weighted by molar-refractivity contribution is -0.129. The third kappa shape index (κ3) is 2.55. The lowest BCUT2D eigenvalue weighted by Gasteiger charge is -2.33. The monoisotopic (exact) mass is 234 g/mol. The summed E-state index contributed by atoms with van der Waals surface area (Å²) in [7, 11) is 1.83. The average molecular weight is 234 g/mol. The van der Waals surface area contributed by atoms with Gasteiger partial charge in [-0.25, -0.2) is 4.98 Å². The number of likely N-dealkylation sites (N-methyl/N-ethyl adjacent to an activating group) is 1. The Balaban J connectivity index is 2.22. The van der Waals surface area contributed by atoms with Gasteiger partial charge in [0.05, 0.1) is 6.54 Å². The molecular formula is C12H18N4O. The van der Waals surface area contributed by atoms with Gasteiger partial charge in [0.25, 0.3) is 0 Å². The number of aryl methyl sites for hydroxylation is 1. The molecule has 1 amide bonds. The van der Waals surface area contributed by atoms with Crippen molar-refractivity contribution >= 4 is 11.7 Å². The van der Waals surface area contributed by atoms with E-state index in [4.69, 9.17) is 5.73 Å². The zero-order chi connectivity index (χ0) is 12.4. The Morgan fingerprint density at radius 2 is 2.18 bits per heavy atom. The number of hydrogen-bond acceptors (Lipinski definition) is 4. The summed E-state index contributed by atoms with van der Waals surface area (Å²) in [6.45, 7) is 4.41. The molecule has 1 saturated heterocycles. The van der Waals surface area contributed by atoms with E-state index < -0.39 is 0 Å². The van der Waals surface area contributed by atoms with Gasteiger partial charge in [-0.1, -0.05) is 0 Å². The van der Waals surface area contributed by atoms with Gasteiger partial charge in [0.1, 0.15) is 5.82 Å². The first kappa shape index (κ1) is 11.9. The van der Waals surface area contributed by atoms with Crippen molar-refractivity contribution in [3.63, 3.8) is 0 Å². The van der Waals surface area contributed by atoms with E-state index in [1.807, 2.05) is 31.0 Å². The van der Waals surface area contributed by atoms with Gasteiger partial charge in [0.2, 0.25) is 5.91 Å². The second-order valence-electron chi connectivity index (χ2n) is 4.42. The fourth-order valence-corrected chi connectivity index (χ4v) is 1.95. The summed E-state index contributed by atoms with van der Waals surface area (Å²) in [4.78, 5) is 19.9. The van der Waals surface area contributed by atoms with Crippen molar-refractivity contribution in [1.82, 2.24) is 9.88 Å². The Hall–Kier alpha value is -1.62. The van der Waals surface area contributed by atoms with Gasteiger partial charge < -0.3 is 15.5 Å². The normalized spacial score (nSPS) is 16.5. The Bertz CT molecular complexity index is 433. The highest BCUT2D eigenvalue weighted by Crippen LogP contribution is 2.16. The van der Waals surface area contributed by atoms with Crippen LogP contribution in [0.5, 0.6) is 0 Å². The maximum absolute atomic E-state index is 11.6. The fraction of sp³-hybridized carbons (Fsp3) is 0.500. The Morgan fingerprint density at radius 1 is 1.41 bits per heavy atom. The molecule has 1 aliphatic heterocycles. The van der Waals surface area contributed by atoms with E-state index in [-0.39, 0.29) is 5.91 Å². The van der Waals surface area contributed by atoms with E-state index in [1.54, 1.807) is 4.90 Å². The number of piperazine rings is 1. The summed E-state index contributed by atoms with van der Waals surface area (Å²) in [6, 6.07) is 3.94. The Kier molecular flexibility index (Phi) is 3.28. The molecule has 1 aromatic heterocycles. The van der Waals surface area contributed by atoms with Crippen LogP contribution >= 0.6 is 0 Å². The van der Waals surface area contributed by atoms with Crippen molar-refractivity contribution in [1.29, 1.82) is 0 Å². The SMILES string of the molecule is Cc1cc(CN)cc(N2CCN(C)C(=O)C2)n1. The van der Waals surface area contributed by atoms with E-state index in [2.05, 4.69) is 4.98 Å². The van der Waals surface area contributed by atoms with Crippen LogP contribution in [0.15, 0.2) is 12.1 Å². The molecule has 1 fully saturated rings. The van der Waals surface area contributed by atoms with Gasteiger partial charge in [0, 0.05) is 32.4 Å². The summed E-state index contributed by atoms with van der Waals surface area (Å²) >= 11 is 0. The second-order valence-corrected chi connectivity index (χ2v) is 4.42. The minimum absolute atomic E-state index is 0.133. The number of anilines is 1. The molecule has 1 aliphatic rings. The molecule has 0 radical (unpaired) electrons. The predicted octanol–water partition coefficient (Wildman–Crippen LogP) is 0.127. The number of carbonyl (C=O) groups excluding carboxylic acids is 1. The summed E-state index contributed by atoms with van der Waals surface area (Å²) in [6.07, 6.45) is 0. The second kappa shape index (κ2) is 4.71. The molecule has 0 atom stereocenters. The zero-order valence-corrected chi connectivity index (χ0v) is 10.3. The smallest absolute Gasteiger partial charge is 0.241 e. The number of pyridine rings is 1. The van der Waals surface area contributed by atoms with Crippen molar-refractivity contribution < 1.29 is 4.79 Å². The fourth-order valence-electron chi connectivity index (χ4n) is 1.95. The van der Waals surface area contributed by atoms with Crippen LogP contribution < -0.4 is 10.6 Å². The van der Waals surface area contributed by atoms with E-state index in [9.17, 15) is 4.79 Å². The standard InChI is InChI=1S/C12H18N4O/c1-9-5-10(7-13)6-11(14-9)16-4-3-15(2)12(17)8-16/h5-6H,3-4,7-8,13H2,1-2H3. The van der Waals surface area contributed by atoms with Crippen molar-refractivity contribution in [2.45, 2.75) is 13.5 Å². The molecule has 17 heavy (non-hydrogen) atoms. The van der Waals surface area contributed by atoms with Crippen LogP contribution in [-0.4, -0.2) is 42.5 Å². The first-order chi connectivity index (χ1) is 8.10. The molecule has 0 bridgehead atoms. The molecule has 2 N–H and O–H groups in total. The highest BCUT2D eigenvalue weighted by atomic mass is 16.2. The largest absolute Gasteiger partial charge is 0.346 e. The van der Waals surface area contributed by atoms with Gasteiger partial charge in [-0.3, -0.25) is 4.79 Å². The topological polar surface area (TPSA) is 62.5 Å². The lowest BCUT2D eigenvalue weighted by Crippen LogP contribution is -2.48. The van der Waals surface area contributed by atoms with Crippen molar-refractivity contribution in [3.8, 4) is 0 Å². The summed E-state index contributed by atoms with van der Waals surface area (Å²) in [5, 5.41) is 0. The molecule has 2 rings (SSSR count). The van der Waals surface area contributed by atoms with Crippen LogP contribution in [0.4, 0.5) is 5.82 Å². The third-order valence-electron chi connectivity index (χ3n) is 3.02. The molecular weight excluding hydrogens is 216 g/mol. The highest BCUT2D eigenvalue weighted by molar-refractivity contribution is 5.82. The third-order valence-corrected chi connectivity index (χ3v) is 3.02. The zero-order valence-electron chi connectivity index (χ0n) is 10.3. The maximum atomic E-state index is 11.6. The van der Waals surface area contributed by atoms with Crippen molar-refractivity contribution in [3.05, 3.63) is 23.4 Å². The summed E-state index contributed by atoms with van der Waals surface area (Å²) in [5.41, 5.74) is 7.64. The molecule has 5 nitrogen and oxygen atoms in total. The first-order valence-corrected chi connectivity index (χ1v) is 5.76. The van der Waals surface area contributed by atoms with E-state index in [1.165, 1.54) is 0 Å². The molecule has 1 aromatic rings. The molecule has 5 heteroatoms. The highest BCUT2D eigenvalue weighted by Gasteiger charge is 2.22. The van der Waals surface area contributed by atoms with Crippen LogP contribution in [0.25, 0.3) is 0 Å². The van der Waals surface area contributed by atoms with Gasteiger partial charge in [-0.05, 0) is 24.6 Å². The van der Waals surface area contributed by atoms with Crippen LogP contribution in [0.2, 0.25) is 0 Å². The molecule has 0 aromatic carbocycles. The average Bonchev–Trinajstić information content (AvgIpc) is 2.32. The summed E-state index contributed by atoms with van der Waals surface area (Å²) in [5.74, 6) is 0.987. The number of nitrogens with two attached hydrogens (primary N) is 1. The number of carbonyl (C=O) groups is 1. The lowest BCUT2D eigenvalue weighted by atomic mass is 10.2. The number of hydrogen-bond donors (Lipinski definition) is 1. The molecule has 2 heterocycles. The maximum Gasteiger partial charge on any atom is 0.241 e. The van der Waals surface area contributed by atoms with E-state index in [0.717, 1.165) is 30.2 Å². The number of amides is 1. The van der Waals surface area contributed by atoms with Crippen LogP contribution in [0, 0.1) is 6.92 Å². The Labute approximate surface area is 101 Å². The van der Waals surface area contributed by atoms with Crippen molar-refractivity contribution in [2.75, 3.05) is 31.6 Å². The molecule has 0 spiro atoms. The number of nitrogens with zero attached hydrogens (tertiary/aromatic N) is 3. The molecule has 0 aliphatic carbocycles. The predicted molar refractivity (Wildman–Crippen MR) is 66.7 cm³/mol. The first-order valence-electron chi connectivity index (χ1n) is 5.76. The summed E-state index contributed by atoms with van der Waals surface area (Å²) < 4.78 is 0. The number of aromatic nitrogens is 1. The minimum Gasteiger partial charge on any atom is -0.346 e. The molecule has 0 unspecified atom stereocenters. The van der Waals surface area contributed by atoms with Crippen LogP contribution in [-0.2, 0) is 11.3 Å². The van der Waals surface area contributed by atoms with Gasteiger partial charge in [-0.15, -0.1) is 0 Å². The Morgan fingerprint density at radius 3 is 2.82 bits per heavy atom.